The van der Waals surface area contributed by atoms with Crippen molar-refractivity contribution >= 4 is 29.0 Å². The Hall–Kier alpha value is -4.02. The zero-order chi connectivity index (χ0) is 26.9. The second kappa shape index (κ2) is 13.0. The molecule has 0 unspecified atom stereocenters. The molecule has 0 spiro atoms. The number of para-hydroxylation sites is 2. The zero-order valence-electron chi connectivity index (χ0n) is 21.0. The van der Waals surface area contributed by atoms with Gasteiger partial charge in [-0.05, 0) is 48.4 Å². The van der Waals surface area contributed by atoms with Gasteiger partial charge in [0.15, 0.2) is 11.6 Å². The van der Waals surface area contributed by atoms with Crippen LogP contribution in [0.25, 0.3) is 0 Å². The SMILES string of the molecule is Nc1ccccc1NC(=O)c1ccc(CN(CCCN2CCOCC2)C(=O)Nc2ccc(F)c(F)c2)cc1. The molecule has 1 saturated heterocycles. The highest BCUT2D eigenvalue weighted by Gasteiger charge is 2.17. The van der Waals surface area contributed by atoms with Crippen molar-refractivity contribution in [3.63, 3.8) is 0 Å². The molecule has 4 rings (SSSR count). The lowest BCUT2D eigenvalue weighted by atomic mass is 10.1. The fraction of sp³-hybridized carbons (Fsp3) is 0.286. The molecule has 1 fully saturated rings. The predicted octanol–water partition coefficient (Wildman–Crippen LogP) is 4.56. The molecule has 4 N–H and O–H groups in total. The first-order valence-electron chi connectivity index (χ1n) is 12.4. The Morgan fingerprint density at radius 3 is 2.39 bits per heavy atom. The largest absolute Gasteiger partial charge is 0.397 e. The van der Waals surface area contributed by atoms with Crippen LogP contribution in [0.2, 0.25) is 0 Å². The maximum Gasteiger partial charge on any atom is 0.322 e. The summed E-state index contributed by atoms with van der Waals surface area (Å²) in [5.41, 5.74) is 8.33. The van der Waals surface area contributed by atoms with E-state index in [2.05, 4.69) is 15.5 Å². The van der Waals surface area contributed by atoms with Gasteiger partial charge in [0.25, 0.3) is 5.91 Å². The Balaban J connectivity index is 1.41. The van der Waals surface area contributed by atoms with Gasteiger partial charge >= 0.3 is 6.03 Å². The molecule has 3 aromatic rings. The monoisotopic (exact) mass is 523 g/mol. The molecule has 3 aromatic carbocycles. The molecule has 0 saturated carbocycles. The van der Waals surface area contributed by atoms with Crippen LogP contribution >= 0.6 is 0 Å². The highest BCUT2D eigenvalue weighted by atomic mass is 19.2. The van der Waals surface area contributed by atoms with Gasteiger partial charge in [-0.15, -0.1) is 0 Å². The first-order valence-corrected chi connectivity index (χ1v) is 12.4. The number of urea groups is 1. The van der Waals surface area contributed by atoms with E-state index in [0.29, 0.717) is 36.7 Å². The van der Waals surface area contributed by atoms with Crippen LogP contribution in [0.3, 0.4) is 0 Å². The number of rotatable bonds is 9. The first kappa shape index (κ1) is 27.0. The lowest BCUT2D eigenvalue weighted by Crippen LogP contribution is -2.40. The molecule has 0 aliphatic carbocycles. The van der Waals surface area contributed by atoms with Gasteiger partial charge in [-0.1, -0.05) is 24.3 Å². The third-order valence-corrected chi connectivity index (χ3v) is 6.26. The van der Waals surface area contributed by atoms with E-state index < -0.39 is 17.7 Å². The van der Waals surface area contributed by atoms with Crippen molar-refractivity contribution < 1.29 is 23.1 Å². The number of amides is 3. The molecule has 0 bridgehead atoms. The highest BCUT2D eigenvalue weighted by Crippen LogP contribution is 2.19. The number of ether oxygens (including phenoxy) is 1. The summed E-state index contributed by atoms with van der Waals surface area (Å²) < 4.78 is 32.4. The smallest absolute Gasteiger partial charge is 0.322 e. The number of nitrogens with two attached hydrogens (primary N) is 1. The van der Waals surface area contributed by atoms with Crippen LogP contribution in [-0.2, 0) is 11.3 Å². The van der Waals surface area contributed by atoms with Crippen LogP contribution in [0.5, 0.6) is 0 Å². The van der Waals surface area contributed by atoms with Gasteiger partial charge < -0.3 is 26.0 Å². The van der Waals surface area contributed by atoms with E-state index in [1.54, 1.807) is 53.4 Å². The Morgan fingerprint density at radius 1 is 0.947 bits per heavy atom. The second-order valence-corrected chi connectivity index (χ2v) is 9.03. The van der Waals surface area contributed by atoms with Gasteiger partial charge in [-0.3, -0.25) is 9.69 Å². The van der Waals surface area contributed by atoms with Crippen LogP contribution in [0.1, 0.15) is 22.3 Å². The minimum Gasteiger partial charge on any atom is -0.397 e. The molecular weight excluding hydrogens is 492 g/mol. The van der Waals surface area contributed by atoms with Crippen molar-refractivity contribution in [1.29, 1.82) is 0 Å². The Labute approximate surface area is 220 Å². The third kappa shape index (κ3) is 7.50. The molecule has 200 valence electrons. The van der Waals surface area contributed by atoms with Gasteiger partial charge in [0.05, 0.1) is 24.6 Å². The van der Waals surface area contributed by atoms with Crippen molar-refractivity contribution in [2.45, 2.75) is 13.0 Å². The summed E-state index contributed by atoms with van der Waals surface area (Å²) in [6.45, 7) is 4.60. The first-order chi connectivity index (χ1) is 18.4. The van der Waals surface area contributed by atoms with Crippen molar-refractivity contribution in [3.05, 3.63) is 89.5 Å². The van der Waals surface area contributed by atoms with Crippen molar-refractivity contribution in [1.82, 2.24) is 9.80 Å². The maximum atomic E-state index is 13.7. The second-order valence-electron chi connectivity index (χ2n) is 9.03. The number of nitrogens with one attached hydrogen (secondary N) is 2. The molecule has 0 atom stereocenters. The predicted molar refractivity (Wildman–Crippen MR) is 143 cm³/mol. The molecule has 38 heavy (non-hydrogen) atoms. The number of morpholine rings is 1. The Morgan fingerprint density at radius 2 is 1.68 bits per heavy atom. The average Bonchev–Trinajstić information content (AvgIpc) is 2.92. The number of benzene rings is 3. The van der Waals surface area contributed by atoms with Gasteiger partial charge in [0.1, 0.15) is 0 Å². The van der Waals surface area contributed by atoms with Crippen LogP contribution in [-0.4, -0.2) is 61.1 Å². The van der Waals surface area contributed by atoms with Crippen LogP contribution in [0.4, 0.5) is 30.6 Å². The highest BCUT2D eigenvalue weighted by molar-refractivity contribution is 6.05. The fourth-order valence-electron chi connectivity index (χ4n) is 4.13. The molecule has 3 amide bonds. The molecule has 10 heteroatoms. The summed E-state index contributed by atoms with van der Waals surface area (Å²) in [5, 5.41) is 5.44. The van der Waals surface area contributed by atoms with Gasteiger partial charge in [-0.2, -0.15) is 0 Å². The number of nitrogens with zero attached hydrogens (tertiary/aromatic N) is 2. The molecule has 0 radical (unpaired) electrons. The molecule has 1 heterocycles. The number of anilines is 3. The number of carbonyl (C=O) groups is 2. The van der Waals surface area contributed by atoms with Crippen molar-refractivity contribution in [2.24, 2.45) is 0 Å². The standard InChI is InChI=1S/C28H31F2N5O3/c29-23-11-10-22(18-24(23)30)32-28(37)35(13-3-12-34-14-16-38-17-15-34)19-20-6-8-21(9-7-20)27(36)33-26-5-2-1-4-25(26)31/h1-2,4-11,18H,3,12-17,19,31H2,(H,32,37)(H,33,36). The number of nitrogen functional groups attached to an aromatic ring is 1. The maximum absolute atomic E-state index is 13.7. The average molecular weight is 524 g/mol. The number of halogens is 2. The fourth-order valence-corrected chi connectivity index (χ4v) is 4.13. The topological polar surface area (TPSA) is 99.9 Å². The van der Waals surface area contributed by atoms with Crippen LogP contribution in [0.15, 0.2) is 66.7 Å². The van der Waals surface area contributed by atoms with E-state index in [4.69, 9.17) is 10.5 Å². The van der Waals surface area contributed by atoms with Crippen molar-refractivity contribution in [3.8, 4) is 0 Å². The minimum atomic E-state index is -1.03. The summed E-state index contributed by atoms with van der Waals surface area (Å²) >= 11 is 0. The molecular formula is C28H31F2N5O3. The van der Waals surface area contributed by atoms with Crippen molar-refractivity contribution in [2.75, 3.05) is 55.8 Å². The summed E-state index contributed by atoms with van der Waals surface area (Å²) in [5.74, 6) is -2.31. The molecule has 8 nitrogen and oxygen atoms in total. The van der Waals surface area contributed by atoms with E-state index in [-0.39, 0.29) is 18.1 Å². The quantitative estimate of drug-likeness (QED) is 0.357. The lowest BCUT2D eigenvalue weighted by molar-refractivity contribution is 0.0365. The molecule has 1 aliphatic heterocycles. The Bertz CT molecular complexity index is 1250. The van der Waals surface area contributed by atoms with Gasteiger partial charge in [0, 0.05) is 50.0 Å². The summed E-state index contributed by atoms with van der Waals surface area (Å²) in [7, 11) is 0. The summed E-state index contributed by atoms with van der Waals surface area (Å²) in [6, 6.07) is 16.7. The van der Waals surface area contributed by atoms with Gasteiger partial charge in [0.2, 0.25) is 0 Å². The summed E-state index contributed by atoms with van der Waals surface area (Å²) in [4.78, 5) is 29.6. The number of hydrogen-bond donors (Lipinski definition) is 3. The molecule has 0 aromatic heterocycles. The zero-order valence-corrected chi connectivity index (χ0v) is 21.0. The normalized spacial score (nSPS) is 13.6. The Kier molecular flexibility index (Phi) is 9.23. The third-order valence-electron chi connectivity index (χ3n) is 6.26. The van der Waals surface area contributed by atoms with Crippen LogP contribution < -0.4 is 16.4 Å². The molecule has 1 aliphatic rings. The number of hydrogen-bond acceptors (Lipinski definition) is 5. The van der Waals surface area contributed by atoms with Crippen LogP contribution in [0, 0.1) is 11.6 Å². The van der Waals surface area contributed by atoms with E-state index >= 15 is 0 Å². The van der Waals surface area contributed by atoms with E-state index in [1.807, 2.05) is 0 Å². The van der Waals surface area contributed by atoms with E-state index in [1.165, 1.54) is 6.07 Å². The lowest BCUT2D eigenvalue weighted by Gasteiger charge is -2.28. The summed E-state index contributed by atoms with van der Waals surface area (Å²) in [6.07, 6.45) is 0.726. The van der Waals surface area contributed by atoms with E-state index in [0.717, 1.165) is 43.8 Å². The van der Waals surface area contributed by atoms with Gasteiger partial charge in [-0.25, -0.2) is 13.6 Å². The number of carbonyl (C=O) groups excluding carboxylic acids is 2. The van der Waals surface area contributed by atoms with E-state index in [9.17, 15) is 18.4 Å². The minimum absolute atomic E-state index is 0.166.